The van der Waals surface area contributed by atoms with Crippen LogP contribution in [0.4, 0.5) is 5.69 Å². The van der Waals surface area contributed by atoms with Crippen molar-refractivity contribution >= 4 is 5.69 Å². The third-order valence-corrected chi connectivity index (χ3v) is 6.45. The van der Waals surface area contributed by atoms with Crippen LogP contribution in [0.15, 0.2) is 60.7 Å². The van der Waals surface area contributed by atoms with E-state index < -0.39 is 4.92 Å². The lowest BCUT2D eigenvalue weighted by molar-refractivity contribution is -0.384. The monoisotopic (exact) mass is 486 g/mol. The van der Waals surface area contributed by atoms with Crippen LogP contribution in [0.1, 0.15) is 16.7 Å². The predicted octanol–water partition coefficient (Wildman–Crippen LogP) is 3.86. The van der Waals surface area contributed by atoms with Crippen molar-refractivity contribution in [2.45, 2.75) is 19.4 Å². The molecule has 36 heavy (non-hydrogen) atoms. The number of tetrazole rings is 1. The second-order valence-corrected chi connectivity index (χ2v) is 8.60. The van der Waals surface area contributed by atoms with Gasteiger partial charge in [-0.2, -0.15) is 0 Å². The molecule has 0 fully saturated rings. The van der Waals surface area contributed by atoms with Gasteiger partial charge in [0.25, 0.3) is 5.69 Å². The number of fused-ring (bicyclic) bond motifs is 1. The Balaban J connectivity index is 1.29. The van der Waals surface area contributed by atoms with Crippen LogP contribution in [0.25, 0.3) is 17.1 Å². The largest absolute Gasteiger partial charge is 0.493 e. The second kappa shape index (κ2) is 10.1. The van der Waals surface area contributed by atoms with E-state index in [4.69, 9.17) is 9.47 Å². The van der Waals surface area contributed by atoms with Crippen LogP contribution in [0.3, 0.4) is 0 Å². The Morgan fingerprint density at radius 3 is 2.44 bits per heavy atom. The number of benzene rings is 3. The molecule has 0 radical (unpaired) electrons. The summed E-state index contributed by atoms with van der Waals surface area (Å²) in [6, 6.07) is 19.4. The van der Waals surface area contributed by atoms with Gasteiger partial charge in [0.1, 0.15) is 5.56 Å². The van der Waals surface area contributed by atoms with Crippen molar-refractivity contribution in [3.05, 3.63) is 87.5 Å². The molecule has 10 heteroatoms. The number of hydrogen-bond donors (Lipinski definition) is 0. The van der Waals surface area contributed by atoms with E-state index in [1.807, 2.05) is 12.1 Å². The van der Waals surface area contributed by atoms with Crippen LogP contribution in [0.5, 0.6) is 11.5 Å². The lowest BCUT2D eigenvalue weighted by Gasteiger charge is -2.28. The van der Waals surface area contributed by atoms with Crippen molar-refractivity contribution in [1.29, 1.82) is 0 Å². The van der Waals surface area contributed by atoms with Gasteiger partial charge in [-0.15, -0.1) is 15.0 Å². The minimum Gasteiger partial charge on any atom is -0.493 e. The highest BCUT2D eigenvalue weighted by Gasteiger charge is 2.24. The highest BCUT2D eigenvalue weighted by molar-refractivity contribution is 5.72. The summed E-state index contributed by atoms with van der Waals surface area (Å²) in [4.78, 5) is 15.0. The fourth-order valence-electron chi connectivity index (χ4n) is 4.46. The van der Waals surface area contributed by atoms with E-state index in [-0.39, 0.29) is 22.8 Å². The zero-order chi connectivity index (χ0) is 25.1. The Morgan fingerprint density at radius 2 is 1.72 bits per heavy atom. The molecule has 10 nitrogen and oxygen atoms in total. The van der Waals surface area contributed by atoms with E-state index in [1.54, 1.807) is 0 Å². The summed E-state index contributed by atoms with van der Waals surface area (Å²) in [6.07, 6.45) is 2.03. The molecule has 1 aromatic heterocycles. The highest BCUT2D eigenvalue weighted by atomic mass is 16.6. The quantitative estimate of drug-likeness (QED) is 0.273. The molecule has 0 atom stereocenters. The molecule has 1 aliphatic heterocycles. The summed E-state index contributed by atoms with van der Waals surface area (Å²) in [5.41, 5.74) is 4.81. The molecule has 0 bridgehead atoms. The molecular formula is C26H26N6O4. The molecule has 0 spiro atoms. The molecular weight excluding hydrogens is 460 g/mol. The van der Waals surface area contributed by atoms with Gasteiger partial charge in [-0.1, -0.05) is 36.4 Å². The number of aromatic nitrogens is 4. The second-order valence-electron chi connectivity index (χ2n) is 8.60. The molecule has 3 aromatic carbocycles. The van der Waals surface area contributed by atoms with Crippen molar-refractivity contribution in [1.82, 2.24) is 25.1 Å². The van der Waals surface area contributed by atoms with Gasteiger partial charge in [-0.25, -0.2) is 0 Å². The minimum atomic E-state index is -0.506. The summed E-state index contributed by atoms with van der Waals surface area (Å²) in [6.45, 7) is 3.05. The van der Waals surface area contributed by atoms with Gasteiger partial charge in [-0.05, 0) is 46.9 Å². The zero-order valence-electron chi connectivity index (χ0n) is 20.1. The maximum Gasteiger partial charge on any atom is 0.284 e. The van der Waals surface area contributed by atoms with Gasteiger partial charge in [0.2, 0.25) is 5.82 Å². The third-order valence-electron chi connectivity index (χ3n) is 6.45. The first-order valence-corrected chi connectivity index (χ1v) is 11.6. The predicted molar refractivity (Wildman–Crippen MR) is 133 cm³/mol. The summed E-state index contributed by atoms with van der Waals surface area (Å²) in [5.74, 6) is 0.720. The Morgan fingerprint density at radius 1 is 1.00 bits per heavy atom. The van der Waals surface area contributed by atoms with E-state index >= 15 is 0 Å². The molecule has 2 heterocycles. The number of nitrogens with zero attached hydrogens (tertiary/aromatic N) is 6. The lowest BCUT2D eigenvalue weighted by atomic mass is 9.99. The molecule has 0 saturated carbocycles. The van der Waals surface area contributed by atoms with Gasteiger partial charge < -0.3 is 9.47 Å². The van der Waals surface area contributed by atoms with Gasteiger partial charge in [0, 0.05) is 25.7 Å². The average Bonchev–Trinajstić information content (AvgIpc) is 3.41. The number of ether oxygens (including phenoxy) is 2. The van der Waals surface area contributed by atoms with Crippen molar-refractivity contribution in [3.63, 3.8) is 0 Å². The van der Waals surface area contributed by atoms with E-state index in [1.165, 1.54) is 47.8 Å². The fraction of sp³-hybridized carbons (Fsp3) is 0.269. The summed E-state index contributed by atoms with van der Waals surface area (Å²) < 4.78 is 10.5. The standard InChI is InChI=1S/C26H26N6O4/c1-35-24-15-22(23(32(33)34)16-25(24)36-2)26-27-29-31(28-26)21-9-7-18(8-10-21)11-13-30-14-12-19-5-3-4-6-20(19)17-30/h3-10,15-16H,11-14,17H2,1-2H3. The highest BCUT2D eigenvalue weighted by Crippen LogP contribution is 2.38. The van der Waals surface area contributed by atoms with Crippen molar-refractivity contribution < 1.29 is 14.4 Å². The van der Waals surface area contributed by atoms with Crippen LogP contribution in [-0.2, 0) is 19.4 Å². The smallest absolute Gasteiger partial charge is 0.284 e. The zero-order valence-corrected chi connectivity index (χ0v) is 20.1. The number of methoxy groups -OCH3 is 2. The molecule has 0 aliphatic carbocycles. The Kier molecular flexibility index (Phi) is 6.59. The Labute approximate surface area is 208 Å². The molecule has 5 rings (SSSR count). The molecule has 4 aromatic rings. The van der Waals surface area contributed by atoms with Crippen LogP contribution >= 0.6 is 0 Å². The molecule has 1 aliphatic rings. The van der Waals surface area contributed by atoms with Crippen molar-refractivity contribution in [2.24, 2.45) is 0 Å². The first kappa shape index (κ1) is 23.4. The first-order valence-electron chi connectivity index (χ1n) is 11.6. The van der Waals surface area contributed by atoms with E-state index in [9.17, 15) is 10.1 Å². The molecule has 0 amide bonds. The Hall–Kier alpha value is -4.31. The number of rotatable bonds is 8. The van der Waals surface area contributed by atoms with Gasteiger partial charge in [0.15, 0.2) is 11.5 Å². The topological polar surface area (TPSA) is 108 Å². The average molecular weight is 487 g/mol. The molecule has 184 valence electrons. The number of nitro benzene ring substituents is 1. The summed E-state index contributed by atoms with van der Waals surface area (Å²) in [5, 5.41) is 24.2. The van der Waals surface area contributed by atoms with Crippen molar-refractivity contribution in [3.8, 4) is 28.6 Å². The molecule has 0 N–H and O–H groups in total. The number of nitro groups is 1. The Bertz CT molecular complexity index is 1390. The maximum absolute atomic E-state index is 11.6. The lowest BCUT2D eigenvalue weighted by Crippen LogP contribution is -2.32. The summed E-state index contributed by atoms with van der Waals surface area (Å²) in [7, 11) is 2.88. The van der Waals surface area contributed by atoms with Crippen molar-refractivity contribution in [2.75, 3.05) is 27.3 Å². The van der Waals surface area contributed by atoms with Gasteiger partial charge in [0.05, 0.1) is 30.9 Å². The van der Waals surface area contributed by atoms with E-state index in [2.05, 4.69) is 56.7 Å². The van der Waals surface area contributed by atoms with Crippen LogP contribution in [-0.4, -0.2) is 57.3 Å². The normalized spacial score (nSPS) is 13.3. The third kappa shape index (κ3) is 4.76. The molecule has 0 saturated heterocycles. The minimum absolute atomic E-state index is 0.122. The van der Waals surface area contributed by atoms with Gasteiger partial charge in [-0.3, -0.25) is 15.0 Å². The van der Waals surface area contributed by atoms with Gasteiger partial charge >= 0.3 is 0 Å². The first-order chi connectivity index (χ1) is 17.6. The van der Waals surface area contributed by atoms with Crippen LogP contribution in [0.2, 0.25) is 0 Å². The van der Waals surface area contributed by atoms with Crippen LogP contribution < -0.4 is 9.47 Å². The van der Waals surface area contributed by atoms with E-state index in [0.717, 1.165) is 32.5 Å². The van der Waals surface area contributed by atoms with E-state index in [0.29, 0.717) is 11.4 Å². The molecule has 0 unspecified atom stereocenters. The maximum atomic E-state index is 11.6. The SMILES string of the molecule is COc1cc(-c2nnn(-c3ccc(CCN4CCc5ccccc5C4)cc3)n2)c([N+](=O)[O-])cc1OC. The fourth-order valence-corrected chi connectivity index (χ4v) is 4.46. The van der Waals surface area contributed by atoms with Crippen LogP contribution in [0, 0.1) is 10.1 Å². The summed E-state index contributed by atoms with van der Waals surface area (Å²) >= 11 is 0. The number of hydrogen-bond acceptors (Lipinski definition) is 8.